The van der Waals surface area contributed by atoms with E-state index in [-0.39, 0.29) is 5.54 Å². The average molecular weight is 250 g/mol. The molecule has 92 valence electrons. The molecule has 1 heterocycles. The second-order valence-corrected chi connectivity index (χ2v) is 5.65. The van der Waals surface area contributed by atoms with E-state index in [4.69, 9.17) is 11.6 Å². The summed E-state index contributed by atoms with van der Waals surface area (Å²) in [4.78, 5) is 2.32. The predicted molar refractivity (Wildman–Crippen MR) is 75.4 cm³/mol. The summed E-state index contributed by atoms with van der Waals surface area (Å²) in [6, 6.07) is 4.43. The van der Waals surface area contributed by atoms with Crippen LogP contribution in [-0.2, 0) is 5.54 Å². The molecule has 0 atom stereocenters. The van der Waals surface area contributed by atoms with Gasteiger partial charge in [-0.3, -0.25) is 0 Å². The normalized spacial score (nSPS) is 17.5. The first-order valence-corrected chi connectivity index (χ1v) is 6.58. The van der Waals surface area contributed by atoms with Gasteiger partial charge in [-0.2, -0.15) is 0 Å². The third-order valence-corrected chi connectivity index (χ3v) is 4.16. The van der Waals surface area contributed by atoms with Crippen LogP contribution in [0, 0.1) is 13.8 Å². The largest absolute Gasteiger partial charge is 0.361 e. The van der Waals surface area contributed by atoms with Crippen molar-refractivity contribution in [3.63, 3.8) is 0 Å². The van der Waals surface area contributed by atoms with Gasteiger partial charge >= 0.3 is 0 Å². The van der Waals surface area contributed by atoms with E-state index in [9.17, 15) is 0 Å². The minimum atomic E-state index is -0.000231. The summed E-state index contributed by atoms with van der Waals surface area (Å²) in [6.07, 6.45) is 0. The molecule has 2 heteroatoms. The highest BCUT2D eigenvalue weighted by Crippen LogP contribution is 2.46. The molecule has 0 N–H and O–H groups in total. The van der Waals surface area contributed by atoms with Crippen LogP contribution in [-0.4, -0.2) is 17.3 Å². The summed E-state index contributed by atoms with van der Waals surface area (Å²) in [5.74, 6) is 0.633. The Bertz CT molecular complexity index is 474. The fraction of sp³-hybridized carbons (Fsp3) is 0.467. The van der Waals surface area contributed by atoms with Crippen molar-refractivity contribution >= 4 is 17.3 Å². The summed E-state index contributed by atoms with van der Waals surface area (Å²) >= 11 is 5.91. The summed E-state index contributed by atoms with van der Waals surface area (Å²) in [7, 11) is 0. The molecule has 1 nitrogen and oxygen atoms in total. The number of aryl methyl sites for hydroxylation is 1. The lowest BCUT2D eigenvalue weighted by atomic mass is 9.90. The molecule has 1 aromatic carbocycles. The third-order valence-electron chi connectivity index (χ3n) is 3.99. The lowest BCUT2D eigenvalue weighted by molar-refractivity contribution is 0.231. The minimum absolute atomic E-state index is 0.000231. The van der Waals surface area contributed by atoms with Gasteiger partial charge in [0, 0.05) is 23.7 Å². The Morgan fingerprint density at radius 2 is 1.94 bits per heavy atom. The third kappa shape index (κ3) is 1.68. The Labute approximate surface area is 109 Å². The molecular weight excluding hydrogens is 230 g/mol. The summed E-state index contributed by atoms with van der Waals surface area (Å²) in [5, 5.41) is 0. The smallest absolute Gasteiger partial charge is 0.0604 e. The number of fused-ring (bicyclic) bond motifs is 1. The zero-order chi connectivity index (χ0) is 12.8. The summed E-state index contributed by atoms with van der Waals surface area (Å²) in [6.45, 7) is 13.9. The van der Waals surface area contributed by atoms with Gasteiger partial charge in [-0.05, 0) is 44.4 Å². The van der Waals surface area contributed by atoms with E-state index in [2.05, 4.69) is 51.3 Å². The van der Waals surface area contributed by atoms with Crippen LogP contribution in [0.15, 0.2) is 18.7 Å². The maximum atomic E-state index is 5.91. The molecule has 1 aliphatic rings. The monoisotopic (exact) mass is 249 g/mol. The Balaban J connectivity index is 2.62. The van der Waals surface area contributed by atoms with Gasteiger partial charge in [-0.1, -0.05) is 18.7 Å². The van der Waals surface area contributed by atoms with Crippen LogP contribution in [0.25, 0.3) is 5.70 Å². The maximum absolute atomic E-state index is 5.91. The van der Waals surface area contributed by atoms with Crippen molar-refractivity contribution in [1.82, 2.24) is 4.90 Å². The number of halogens is 1. The number of rotatable bonds is 2. The molecule has 17 heavy (non-hydrogen) atoms. The molecule has 1 aromatic rings. The van der Waals surface area contributed by atoms with Gasteiger partial charge in [-0.15, -0.1) is 11.6 Å². The molecule has 0 spiro atoms. The van der Waals surface area contributed by atoms with Crippen LogP contribution < -0.4 is 0 Å². The van der Waals surface area contributed by atoms with Crippen molar-refractivity contribution in [2.45, 2.75) is 33.2 Å². The van der Waals surface area contributed by atoms with Gasteiger partial charge in [0.1, 0.15) is 0 Å². The lowest BCUT2D eigenvalue weighted by Crippen LogP contribution is -2.35. The Morgan fingerprint density at radius 3 is 2.53 bits per heavy atom. The second kappa shape index (κ2) is 4.06. The van der Waals surface area contributed by atoms with Crippen molar-refractivity contribution in [1.29, 1.82) is 0 Å². The number of nitrogens with zero attached hydrogens (tertiary/aromatic N) is 1. The molecule has 0 amide bonds. The second-order valence-electron chi connectivity index (χ2n) is 5.28. The van der Waals surface area contributed by atoms with E-state index >= 15 is 0 Å². The van der Waals surface area contributed by atoms with Crippen molar-refractivity contribution < 1.29 is 0 Å². The molecule has 0 aliphatic carbocycles. The van der Waals surface area contributed by atoms with E-state index < -0.39 is 0 Å². The van der Waals surface area contributed by atoms with Crippen LogP contribution in [0.5, 0.6) is 0 Å². The highest BCUT2D eigenvalue weighted by Gasteiger charge is 2.39. The molecule has 0 saturated heterocycles. The van der Waals surface area contributed by atoms with Crippen LogP contribution >= 0.6 is 11.6 Å². The highest BCUT2D eigenvalue weighted by molar-refractivity contribution is 6.18. The Hall–Kier alpha value is -0.950. The van der Waals surface area contributed by atoms with Gasteiger partial charge in [0.25, 0.3) is 0 Å². The van der Waals surface area contributed by atoms with Gasteiger partial charge in [-0.25, -0.2) is 0 Å². The minimum Gasteiger partial charge on any atom is -0.361 e. The fourth-order valence-corrected chi connectivity index (χ4v) is 2.98. The number of benzene rings is 1. The van der Waals surface area contributed by atoms with E-state index in [1.54, 1.807) is 0 Å². The van der Waals surface area contributed by atoms with Crippen LogP contribution in [0.1, 0.15) is 36.1 Å². The molecule has 0 radical (unpaired) electrons. The fourth-order valence-electron chi connectivity index (χ4n) is 2.81. The van der Waals surface area contributed by atoms with Crippen LogP contribution in [0.4, 0.5) is 0 Å². The quantitative estimate of drug-likeness (QED) is 0.715. The molecule has 2 rings (SSSR count). The first kappa shape index (κ1) is 12.5. The molecule has 0 bridgehead atoms. The zero-order valence-corrected chi connectivity index (χ0v) is 11.9. The molecule has 0 fully saturated rings. The zero-order valence-electron chi connectivity index (χ0n) is 11.1. The molecule has 0 unspecified atom stereocenters. The van der Waals surface area contributed by atoms with Crippen LogP contribution in [0.2, 0.25) is 0 Å². The maximum Gasteiger partial charge on any atom is 0.0604 e. The van der Waals surface area contributed by atoms with Gasteiger partial charge < -0.3 is 4.90 Å². The van der Waals surface area contributed by atoms with E-state index in [0.29, 0.717) is 5.88 Å². The summed E-state index contributed by atoms with van der Waals surface area (Å²) in [5.41, 5.74) is 6.48. The SMILES string of the molecule is C=C1c2c(ccc(C)c2C)C(C)(C)N1CCCl. The van der Waals surface area contributed by atoms with E-state index in [1.807, 2.05) is 0 Å². The van der Waals surface area contributed by atoms with Gasteiger partial charge in [0.05, 0.1) is 5.54 Å². The molecule has 0 aromatic heterocycles. The van der Waals surface area contributed by atoms with Crippen molar-refractivity contribution in [3.05, 3.63) is 41.0 Å². The molecule has 1 aliphatic heterocycles. The topological polar surface area (TPSA) is 3.24 Å². The number of hydrogen-bond acceptors (Lipinski definition) is 1. The van der Waals surface area contributed by atoms with E-state index in [1.165, 1.54) is 22.3 Å². The molecule has 0 saturated carbocycles. The molecular formula is C15H20ClN. The van der Waals surface area contributed by atoms with Crippen molar-refractivity contribution in [3.8, 4) is 0 Å². The van der Waals surface area contributed by atoms with Crippen LogP contribution in [0.3, 0.4) is 0 Å². The Kier molecular flexibility index (Phi) is 2.99. The van der Waals surface area contributed by atoms with Crippen molar-refractivity contribution in [2.24, 2.45) is 0 Å². The highest BCUT2D eigenvalue weighted by atomic mass is 35.5. The number of hydrogen-bond donors (Lipinski definition) is 0. The van der Waals surface area contributed by atoms with Gasteiger partial charge in [0.2, 0.25) is 0 Å². The lowest BCUT2D eigenvalue weighted by Gasteiger charge is -2.34. The standard InChI is InChI=1S/C15H20ClN/c1-10-6-7-13-14(11(10)2)12(3)17(9-8-16)15(13,4)5/h6-7H,3,8-9H2,1-2,4-5H3. The van der Waals surface area contributed by atoms with E-state index in [0.717, 1.165) is 12.2 Å². The Morgan fingerprint density at radius 1 is 1.29 bits per heavy atom. The van der Waals surface area contributed by atoms with Crippen molar-refractivity contribution in [2.75, 3.05) is 12.4 Å². The average Bonchev–Trinajstić information content (AvgIpc) is 2.45. The predicted octanol–water partition coefficient (Wildman–Crippen LogP) is 4.06. The number of alkyl halides is 1. The first-order valence-electron chi connectivity index (χ1n) is 6.04. The summed E-state index contributed by atoms with van der Waals surface area (Å²) < 4.78 is 0. The van der Waals surface area contributed by atoms with Gasteiger partial charge in [0.15, 0.2) is 0 Å². The first-order chi connectivity index (χ1) is 7.91.